The lowest BCUT2D eigenvalue weighted by atomic mass is 10.2. The molecule has 0 fully saturated rings. The number of nitrogens with two attached hydrogens (primary N) is 1. The van der Waals surface area contributed by atoms with Gasteiger partial charge in [0.2, 0.25) is 5.56 Å². The first-order valence-electron chi connectivity index (χ1n) is 4.65. The van der Waals surface area contributed by atoms with Crippen molar-refractivity contribution in [2.75, 3.05) is 5.73 Å². The van der Waals surface area contributed by atoms with Crippen LogP contribution in [-0.2, 0) is 0 Å². The van der Waals surface area contributed by atoms with Crippen molar-refractivity contribution in [1.29, 1.82) is 0 Å². The molecule has 0 aliphatic heterocycles. The molecule has 74 valence electrons. The molecule has 1 heterocycles. The van der Waals surface area contributed by atoms with Crippen LogP contribution in [0.2, 0.25) is 0 Å². The third-order valence-electron chi connectivity index (χ3n) is 1.80. The second-order valence-corrected chi connectivity index (χ2v) is 2.63. The second-order valence-electron chi connectivity index (χ2n) is 2.63. The Bertz CT molecular complexity index is 474. The van der Waals surface area contributed by atoms with Gasteiger partial charge >= 0.3 is 0 Å². The van der Waals surface area contributed by atoms with Gasteiger partial charge in [-0.25, -0.2) is 0 Å². The highest BCUT2D eigenvalue weighted by Gasteiger charge is 1.95. The number of pyridine rings is 1. The van der Waals surface area contributed by atoms with Crippen molar-refractivity contribution in [3.63, 3.8) is 0 Å². The van der Waals surface area contributed by atoms with E-state index in [1.165, 1.54) is 6.07 Å². The van der Waals surface area contributed by atoms with Crippen molar-refractivity contribution < 1.29 is 0 Å². The number of nitrogen functional groups attached to an aromatic ring is 1. The van der Waals surface area contributed by atoms with E-state index in [2.05, 4.69) is 4.98 Å². The van der Waals surface area contributed by atoms with Gasteiger partial charge in [0.05, 0.1) is 5.52 Å². The molecule has 3 nitrogen and oxygen atoms in total. The van der Waals surface area contributed by atoms with E-state index < -0.39 is 0 Å². The van der Waals surface area contributed by atoms with E-state index >= 15 is 0 Å². The fourth-order valence-corrected chi connectivity index (χ4v) is 1.21. The van der Waals surface area contributed by atoms with Crippen molar-refractivity contribution in [2.45, 2.75) is 13.8 Å². The topological polar surface area (TPSA) is 58.9 Å². The maximum Gasteiger partial charge on any atom is 0.248 e. The van der Waals surface area contributed by atoms with Crippen molar-refractivity contribution in [3.8, 4) is 0 Å². The lowest BCUT2D eigenvalue weighted by Crippen LogP contribution is -2.02. The van der Waals surface area contributed by atoms with E-state index in [0.29, 0.717) is 5.69 Å². The van der Waals surface area contributed by atoms with E-state index in [9.17, 15) is 4.79 Å². The Labute approximate surface area is 82.6 Å². The van der Waals surface area contributed by atoms with Gasteiger partial charge in [0.1, 0.15) is 0 Å². The molecule has 0 atom stereocenters. The molecule has 0 radical (unpaired) electrons. The van der Waals surface area contributed by atoms with Gasteiger partial charge in [-0.2, -0.15) is 0 Å². The molecule has 3 heteroatoms. The molecule has 1 aromatic carbocycles. The highest BCUT2D eigenvalue weighted by atomic mass is 16.1. The minimum Gasteiger partial charge on any atom is -0.398 e. The average molecular weight is 190 g/mol. The normalized spacial score (nSPS) is 9.29. The lowest BCUT2D eigenvalue weighted by Gasteiger charge is -1.98. The van der Waals surface area contributed by atoms with E-state index in [1.807, 2.05) is 26.0 Å². The van der Waals surface area contributed by atoms with Crippen LogP contribution in [0.1, 0.15) is 13.8 Å². The molecule has 1 aromatic heterocycles. The Kier molecular flexibility index (Phi) is 3.29. The Hall–Kier alpha value is -1.77. The highest BCUT2D eigenvalue weighted by molar-refractivity contribution is 5.89. The van der Waals surface area contributed by atoms with Crippen molar-refractivity contribution in [3.05, 3.63) is 40.7 Å². The molecule has 0 saturated heterocycles. The minimum absolute atomic E-state index is 0.104. The summed E-state index contributed by atoms with van der Waals surface area (Å²) in [5, 5.41) is 0.886. The van der Waals surface area contributed by atoms with Gasteiger partial charge in [0.25, 0.3) is 0 Å². The predicted octanol–water partition coefficient (Wildman–Crippen LogP) is 2.14. The van der Waals surface area contributed by atoms with Crippen molar-refractivity contribution in [1.82, 2.24) is 4.98 Å². The average Bonchev–Trinajstić information content (AvgIpc) is 2.21. The summed E-state index contributed by atoms with van der Waals surface area (Å²) in [4.78, 5) is 13.6. The summed E-state index contributed by atoms with van der Waals surface area (Å²) in [6, 6.07) is 8.64. The first-order chi connectivity index (χ1) is 6.77. The van der Waals surface area contributed by atoms with Crippen LogP contribution in [0.5, 0.6) is 0 Å². The number of benzene rings is 1. The SMILES string of the molecule is CC.Nc1cccc2[nH]c(=O)ccc12. The van der Waals surface area contributed by atoms with E-state index in [-0.39, 0.29) is 5.56 Å². The zero-order valence-electron chi connectivity index (χ0n) is 8.37. The molecule has 0 saturated carbocycles. The first-order valence-corrected chi connectivity index (χ1v) is 4.65. The second kappa shape index (κ2) is 4.46. The van der Waals surface area contributed by atoms with Crippen molar-refractivity contribution >= 4 is 16.6 Å². The molecule has 0 spiro atoms. The van der Waals surface area contributed by atoms with Crippen LogP contribution >= 0.6 is 0 Å². The molecule has 14 heavy (non-hydrogen) atoms. The van der Waals surface area contributed by atoms with Crippen LogP contribution in [0.3, 0.4) is 0 Å². The lowest BCUT2D eigenvalue weighted by molar-refractivity contribution is 1.31. The zero-order valence-corrected chi connectivity index (χ0v) is 8.37. The van der Waals surface area contributed by atoms with Gasteiger partial charge in [-0.15, -0.1) is 0 Å². The maximum absolute atomic E-state index is 10.9. The fourth-order valence-electron chi connectivity index (χ4n) is 1.21. The van der Waals surface area contributed by atoms with Crippen LogP contribution in [0.25, 0.3) is 10.9 Å². The van der Waals surface area contributed by atoms with Crippen LogP contribution in [0.15, 0.2) is 35.1 Å². The van der Waals surface area contributed by atoms with Gasteiger partial charge in [-0.3, -0.25) is 4.79 Å². The van der Waals surface area contributed by atoms with Crippen LogP contribution in [0, 0.1) is 0 Å². The maximum atomic E-state index is 10.9. The summed E-state index contributed by atoms with van der Waals surface area (Å²) in [6.45, 7) is 4.00. The van der Waals surface area contributed by atoms with E-state index in [0.717, 1.165) is 10.9 Å². The summed E-state index contributed by atoms with van der Waals surface area (Å²) in [6.07, 6.45) is 0. The summed E-state index contributed by atoms with van der Waals surface area (Å²) < 4.78 is 0. The summed E-state index contributed by atoms with van der Waals surface area (Å²) in [5.41, 5.74) is 7.04. The number of rotatable bonds is 0. The third-order valence-corrected chi connectivity index (χ3v) is 1.80. The summed E-state index contributed by atoms with van der Waals surface area (Å²) in [7, 11) is 0. The smallest absolute Gasteiger partial charge is 0.248 e. The Balaban J connectivity index is 0.000000461. The Morgan fingerprint density at radius 3 is 2.57 bits per heavy atom. The number of nitrogens with one attached hydrogen (secondary N) is 1. The van der Waals surface area contributed by atoms with Gasteiger partial charge in [0, 0.05) is 17.1 Å². The Morgan fingerprint density at radius 1 is 1.14 bits per heavy atom. The molecule has 0 aliphatic carbocycles. The van der Waals surface area contributed by atoms with Gasteiger partial charge < -0.3 is 10.7 Å². The van der Waals surface area contributed by atoms with Crippen molar-refractivity contribution in [2.24, 2.45) is 0 Å². The molecule has 0 aliphatic rings. The van der Waals surface area contributed by atoms with Crippen LogP contribution in [-0.4, -0.2) is 4.98 Å². The fraction of sp³-hybridized carbons (Fsp3) is 0.182. The van der Waals surface area contributed by atoms with Crippen LogP contribution < -0.4 is 11.3 Å². The molecular weight excluding hydrogens is 176 g/mol. The number of anilines is 1. The predicted molar refractivity (Wildman–Crippen MR) is 60.3 cm³/mol. The third kappa shape index (κ3) is 1.93. The zero-order chi connectivity index (χ0) is 10.6. The highest BCUT2D eigenvalue weighted by Crippen LogP contribution is 2.16. The number of hydrogen-bond acceptors (Lipinski definition) is 2. The number of aromatic nitrogens is 1. The quantitative estimate of drug-likeness (QED) is 0.625. The summed E-state index contributed by atoms with van der Waals surface area (Å²) in [5.74, 6) is 0. The monoisotopic (exact) mass is 190 g/mol. The standard InChI is InChI=1S/C9H8N2O.C2H6/c10-7-2-1-3-8-6(7)4-5-9(12)11-8;1-2/h1-5H,10H2,(H,11,12);1-2H3. The molecule has 2 aromatic rings. The molecule has 3 N–H and O–H groups in total. The molecule has 0 bridgehead atoms. The molecule has 0 unspecified atom stereocenters. The van der Waals surface area contributed by atoms with Crippen LogP contribution in [0.4, 0.5) is 5.69 Å². The van der Waals surface area contributed by atoms with Gasteiger partial charge in [-0.05, 0) is 18.2 Å². The number of hydrogen-bond donors (Lipinski definition) is 2. The molecular formula is C11H14N2O. The molecule has 0 amide bonds. The first kappa shape index (κ1) is 10.3. The molecule has 2 rings (SSSR count). The van der Waals surface area contributed by atoms with Gasteiger partial charge in [0.15, 0.2) is 0 Å². The number of fused-ring (bicyclic) bond motifs is 1. The summed E-state index contributed by atoms with van der Waals surface area (Å²) >= 11 is 0. The number of aromatic amines is 1. The van der Waals surface area contributed by atoms with E-state index in [1.54, 1.807) is 12.1 Å². The minimum atomic E-state index is -0.104. The van der Waals surface area contributed by atoms with E-state index in [4.69, 9.17) is 5.73 Å². The number of H-pyrrole nitrogens is 1. The largest absolute Gasteiger partial charge is 0.398 e. The Morgan fingerprint density at radius 2 is 1.86 bits per heavy atom. The van der Waals surface area contributed by atoms with Gasteiger partial charge in [-0.1, -0.05) is 19.9 Å².